The molecule has 2 amide bonds. The second kappa shape index (κ2) is 11.2. The molecular formula is C37H34N4O5. The Hall–Kier alpha value is -5.31. The summed E-state index contributed by atoms with van der Waals surface area (Å²) in [7, 11) is 1.57. The third-order valence-corrected chi connectivity index (χ3v) is 9.30. The SMILES string of the molecule is COc1cc2c(cc1OCCCOc1cc3c(cc1C)C(=O)N1c4ccccc4C[C@H]1CN3)N=CC1Cc3ccccc3N1C2=O. The fraction of sp³-hybridized carbons (Fsp3) is 0.270. The highest BCUT2D eigenvalue weighted by Crippen LogP contribution is 2.41. The van der Waals surface area contributed by atoms with Gasteiger partial charge in [-0.1, -0.05) is 36.4 Å². The molecular weight excluding hydrogens is 580 g/mol. The zero-order valence-corrected chi connectivity index (χ0v) is 25.8. The third-order valence-electron chi connectivity index (χ3n) is 9.30. The Morgan fingerprint density at radius 1 is 0.804 bits per heavy atom. The molecule has 2 atom stereocenters. The standard InChI is InChI=1S/C37H34N4O5/c1-22-14-27-29(38-20-25-15-23-8-3-5-10-31(23)40(25)36(27)42)18-33(22)45-12-7-13-46-35-19-30-28(17-34(35)44-2)37(43)41-26(21-39-30)16-24-9-4-6-11-32(24)41/h3-6,8-11,14,17-19,21,25-26,38H,7,12-13,15-16,20H2,1-2H3/t25-,26?/m0/s1. The molecule has 9 heteroatoms. The fourth-order valence-corrected chi connectivity index (χ4v) is 7.04. The van der Waals surface area contributed by atoms with E-state index in [1.54, 1.807) is 19.2 Å². The third kappa shape index (κ3) is 4.65. The van der Waals surface area contributed by atoms with Crippen molar-refractivity contribution in [3.05, 3.63) is 101 Å². The molecule has 4 heterocycles. The molecule has 0 spiro atoms. The van der Waals surface area contributed by atoms with E-state index >= 15 is 0 Å². The van der Waals surface area contributed by atoms with Gasteiger partial charge in [0.2, 0.25) is 0 Å². The zero-order chi connectivity index (χ0) is 31.4. The number of hydrogen-bond acceptors (Lipinski definition) is 7. The predicted octanol–water partition coefficient (Wildman–Crippen LogP) is 6.14. The number of aliphatic imine (C=N–C) groups is 1. The summed E-state index contributed by atoms with van der Waals surface area (Å²) in [6.45, 7) is 3.45. The first-order valence-corrected chi connectivity index (χ1v) is 15.7. The number of benzene rings is 4. The Kier molecular flexibility index (Phi) is 6.89. The first-order chi connectivity index (χ1) is 22.5. The lowest BCUT2D eigenvalue weighted by Gasteiger charge is -2.22. The summed E-state index contributed by atoms with van der Waals surface area (Å²) in [6, 6.07) is 23.4. The van der Waals surface area contributed by atoms with E-state index in [-0.39, 0.29) is 23.9 Å². The van der Waals surface area contributed by atoms with Crippen molar-refractivity contribution in [2.75, 3.05) is 42.0 Å². The normalized spacial score (nSPS) is 18.7. The molecule has 1 unspecified atom stereocenters. The van der Waals surface area contributed by atoms with Gasteiger partial charge >= 0.3 is 0 Å². The zero-order valence-electron chi connectivity index (χ0n) is 25.8. The Morgan fingerprint density at radius 2 is 1.50 bits per heavy atom. The van der Waals surface area contributed by atoms with Crippen molar-refractivity contribution in [3.63, 3.8) is 0 Å². The summed E-state index contributed by atoms with van der Waals surface area (Å²) in [6.07, 6.45) is 4.05. The van der Waals surface area contributed by atoms with E-state index in [4.69, 9.17) is 14.2 Å². The molecule has 0 radical (unpaired) electrons. The Bertz CT molecular complexity index is 1920. The maximum absolute atomic E-state index is 13.7. The van der Waals surface area contributed by atoms with Crippen molar-refractivity contribution >= 4 is 40.8 Å². The molecule has 232 valence electrons. The van der Waals surface area contributed by atoms with E-state index in [9.17, 15) is 9.59 Å². The number of aryl methyl sites for hydroxylation is 1. The minimum atomic E-state index is -0.122. The molecule has 4 aliphatic heterocycles. The van der Waals surface area contributed by atoms with Crippen LogP contribution in [0.3, 0.4) is 0 Å². The summed E-state index contributed by atoms with van der Waals surface area (Å²) < 4.78 is 17.9. The number of nitrogens with one attached hydrogen (secondary N) is 1. The molecule has 0 aliphatic carbocycles. The van der Waals surface area contributed by atoms with Crippen molar-refractivity contribution in [2.24, 2.45) is 4.99 Å². The largest absolute Gasteiger partial charge is 0.493 e. The number of fused-ring (bicyclic) bond motifs is 8. The van der Waals surface area contributed by atoms with Crippen LogP contribution in [0, 0.1) is 6.92 Å². The van der Waals surface area contributed by atoms with Crippen molar-refractivity contribution < 1.29 is 23.8 Å². The van der Waals surface area contributed by atoms with Crippen molar-refractivity contribution in [1.82, 2.24) is 0 Å². The van der Waals surface area contributed by atoms with Gasteiger partial charge in [-0.3, -0.25) is 19.5 Å². The maximum Gasteiger partial charge on any atom is 0.261 e. The first-order valence-electron chi connectivity index (χ1n) is 15.7. The van der Waals surface area contributed by atoms with Gasteiger partial charge in [-0.25, -0.2) is 0 Å². The van der Waals surface area contributed by atoms with Gasteiger partial charge in [0.05, 0.1) is 54.9 Å². The van der Waals surface area contributed by atoms with Crippen LogP contribution in [-0.2, 0) is 12.8 Å². The molecule has 0 saturated heterocycles. The van der Waals surface area contributed by atoms with Crippen LogP contribution in [-0.4, -0.2) is 57.0 Å². The number of carbonyl (C=O) groups is 2. The van der Waals surface area contributed by atoms with Gasteiger partial charge in [0.15, 0.2) is 11.5 Å². The first kappa shape index (κ1) is 28.2. The molecule has 4 aromatic carbocycles. The second-order valence-corrected chi connectivity index (χ2v) is 12.1. The highest BCUT2D eigenvalue weighted by Gasteiger charge is 2.38. The van der Waals surface area contributed by atoms with Crippen molar-refractivity contribution in [3.8, 4) is 17.2 Å². The number of methoxy groups -OCH3 is 1. The van der Waals surface area contributed by atoms with Crippen LogP contribution in [0.5, 0.6) is 17.2 Å². The Morgan fingerprint density at radius 3 is 2.28 bits per heavy atom. The van der Waals surface area contributed by atoms with Crippen LogP contribution < -0.4 is 29.3 Å². The van der Waals surface area contributed by atoms with Crippen LogP contribution in [0.4, 0.5) is 22.7 Å². The lowest BCUT2D eigenvalue weighted by molar-refractivity contribution is 0.0977. The van der Waals surface area contributed by atoms with Gasteiger partial charge in [0, 0.05) is 49.1 Å². The average Bonchev–Trinajstić information content (AvgIpc) is 3.56. The molecule has 9 nitrogen and oxygen atoms in total. The van der Waals surface area contributed by atoms with Crippen LogP contribution in [0.2, 0.25) is 0 Å². The number of anilines is 3. The van der Waals surface area contributed by atoms with Gasteiger partial charge in [0.25, 0.3) is 11.8 Å². The molecule has 0 saturated carbocycles. The Labute approximate surface area is 267 Å². The molecule has 46 heavy (non-hydrogen) atoms. The molecule has 4 aromatic rings. The summed E-state index contributed by atoms with van der Waals surface area (Å²) in [4.78, 5) is 35.7. The van der Waals surface area contributed by atoms with E-state index < -0.39 is 0 Å². The second-order valence-electron chi connectivity index (χ2n) is 12.1. The molecule has 8 rings (SSSR count). The molecule has 0 bridgehead atoms. The lowest BCUT2D eigenvalue weighted by atomic mass is 10.1. The van der Waals surface area contributed by atoms with Crippen LogP contribution in [0.25, 0.3) is 0 Å². The van der Waals surface area contributed by atoms with Gasteiger partial charge in [0.1, 0.15) is 5.75 Å². The van der Waals surface area contributed by atoms with E-state index in [1.807, 2.05) is 71.5 Å². The minimum Gasteiger partial charge on any atom is -0.493 e. The van der Waals surface area contributed by atoms with E-state index in [2.05, 4.69) is 22.4 Å². The predicted molar refractivity (Wildman–Crippen MR) is 178 cm³/mol. The smallest absolute Gasteiger partial charge is 0.261 e. The molecule has 4 aliphatic rings. The summed E-state index contributed by atoms with van der Waals surface area (Å²) in [5.41, 5.74) is 7.68. The highest BCUT2D eigenvalue weighted by atomic mass is 16.5. The van der Waals surface area contributed by atoms with Crippen molar-refractivity contribution in [2.45, 2.75) is 38.3 Å². The topological polar surface area (TPSA) is 92.7 Å². The highest BCUT2D eigenvalue weighted by molar-refractivity contribution is 6.15. The number of rotatable bonds is 7. The number of carbonyl (C=O) groups excluding carboxylic acids is 2. The van der Waals surface area contributed by atoms with E-state index in [1.165, 1.54) is 5.56 Å². The number of hydrogen-bond donors (Lipinski definition) is 1. The molecule has 0 aromatic heterocycles. The average molecular weight is 615 g/mol. The van der Waals surface area contributed by atoms with Gasteiger partial charge < -0.3 is 24.4 Å². The minimum absolute atomic E-state index is 0.0175. The number of nitrogens with zero attached hydrogens (tertiary/aromatic N) is 3. The number of ether oxygens (including phenoxy) is 3. The molecule has 0 fully saturated rings. The van der Waals surface area contributed by atoms with Crippen LogP contribution in [0.1, 0.15) is 43.8 Å². The molecule has 1 N–H and O–H groups in total. The maximum atomic E-state index is 13.7. The Balaban J connectivity index is 0.926. The van der Waals surface area contributed by atoms with Gasteiger partial charge in [-0.2, -0.15) is 0 Å². The summed E-state index contributed by atoms with van der Waals surface area (Å²) in [5, 5.41) is 3.50. The quantitative estimate of drug-likeness (QED) is 0.252. The van der Waals surface area contributed by atoms with Crippen LogP contribution >= 0.6 is 0 Å². The van der Waals surface area contributed by atoms with Crippen molar-refractivity contribution in [1.29, 1.82) is 0 Å². The summed E-state index contributed by atoms with van der Waals surface area (Å²) >= 11 is 0. The van der Waals surface area contributed by atoms with E-state index in [0.717, 1.165) is 46.8 Å². The lowest BCUT2D eigenvalue weighted by Crippen LogP contribution is -2.39. The van der Waals surface area contributed by atoms with Gasteiger partial charge in [-0.15, -0.1) is 0 Å². The monoisotopic (exact) mass is 614 g/mol. The number of amides is 2. The fourth-order valence-electron chi connectivity index (χ4n) is 7.04. The number of para-hydroxylation sites is 2. The summed E-state index contributed by atoms with van der Waals surface area (Å²) in [5.74, 6) is 1.66. The van der Waals surface area contributed by atoms with Gasteiger partial charge in [-0.05, 0) is 54.3 Å². The van der Waals surface area contributed by atoms with Crippen LogP contribution in [0.15, 0.2) is 77.8 Å². The van der Waals surface area contributed by atoms with E-state index in [0.29, 0.717) is 54.5 Å².